The first kappa shape index (κ1) is 22.7. The minimum Gasteiger partial charge on any atom is -0.382 e. The zero-order valence-electron chi connectivity index (χ0n) is 17.6. The van der Waals surface area contributed by atoms with E-state index in [0.717, 1.165) is 29.9 Å². The monoisotopic (exact) mass is 459 g/mol. The van der Waals surface area contributed by atoms with E-state index < -0.39 is 0 Å². The molecule has 0 spiro atoms. The molecule has 0 aliphatic carbocycles. The number of nitrogens with one attached hydrogen (secondary N) is 3. The highest BCUT2D eigenvalue weighted by Crippen LogP contribution is 2.38. The Hall–Kier alpha value is -3.02. The van der Waals surface area contributed by atoms with Gasteiger partial charge in [-0.05, 0) is 39.2 Å². The van der Waals surface area contributed by atoms with Gasteiger partial charge in [-0.15, -0.1) is 11.3 Å². The first-order valence-electron chi connectivity index (χ1n) is 9.61. The zero-order chi connectivity index (χ0) is 22.4. The number of rotatable bonds is 8. The van der Waals surface area contributed by atoms with E-state index in [9.17, 15) is 9.59 Å². The topological polar surface area (TPSA) is 125 Å². The number of carbonyl (C=O) groups is 2. The Morgan fingerprint density at radius 1 is 1.19 bits per heavy atom. The summed E-state index contributed by atoms with van der Waals surface area (Å²) in [4.78, 5) is 35.3. The van der Waals surface area contributed by atoms with Crippen LogP contribution in [-0.4, -0.2) is 54.5 Å². The van der Waals surface area contributed by atoms with Crippen LogP contribution in [0.4, 0.5) is 21.4 Å². The number of hydrogen-bond acceptors (Lipinski definition) is 8. The van der Waals surface area contributed by atoms with Crippen molar-refractivity contribution in [3.8, 4) is 21.1 Å². The molecule has 0 saturated heterocycles. The summed E-state index contributed by atoms with van der Waals surface area (Å²) in [7, 11) is 5.51. The maximum absolute atomic E-state index is 12.2. The molecule has 0 atom stereocenters. The molecular formula is C20H25N7O2S2. The molecule has 2 aromatic heterocycles. The summed E-state index contributed by atoms with van der Waals surface area (Å²) in [5.41, 5.74) is 8.42. The summed E-state index contributed by atoms with van der Waals surface area (Å²) in [6, 6.07) is 7.22. The molecule has 0 radical (unpaired) electrons. The third-order valence-corrected chi connectivity index (χ3v) is 6.23. The molecule has 9 nitrogen and oxygen atoms in total. The van der Waals surface area contributed by atoms with Crippen LogP contribution in [0.1, 0.15) is 12.8 Å². The summed E-state index contributed by atoms with van der Waals surface area (Å²) >= 11 is 2.71. The fraction of sp³-hybridized carbons (Fsp3) is 0.300. The van der Waals surface area contributed by atoms with Crippen molar-refractivity contribution < 1.29 is 9.59 Å². The number of benzene rings is 1. The molecule has 0 bridgehead atoms. The van der Waals surface area contributed by atoms with Crippen LogP contribution in [0.2, 0.25) is 0 Å². The lowest BCUT2D eigenvalue weighted by molar-refractivity contribution is -0.116. The second-order valence-electron chi connectivity index (χ2n) is 7.01. The van der Waals surface area contributed by atoms with Crippen LogP contribution in [0.3, 0.4) is 0 Å². The van der Waals surface area contributed by atoms with Crippen molar-refractivity contribution in [1.82, 2.24) is 20.2 Å². The predicted octanol–water partition coefficient (Wildman–Crippen LogP) is 3.55. The summed E-state index contributed by atoms with van der Waals surface area (Å²) in [5, 5.41) is 11.1. The number of hydrogen-bond donors (Lipinski definition) is 4. The highest BCUT2D eigenvalue weighted by Gasteiger charge is 2.16. The number of nitrogens with two attached hydrogens (primary N) is 1. The Morgan fingerprint density at radius 2 is 2.00 bits per heavy atom. The van der Waals surface area contributed by atoms with Crippen LogP contribution in [0, 0.1) is 0 Å². The van der Waals surface area contributed by atoms with E-state index in [1.165, 1.54) is 29.7 Å². The van der Waals surface area contributed by atoms with E-state index in [4.69, 9.17) is 5.73 Å². The van der Waals surface area contributed by atoms with Gasteiger partial charge in [-0.2, -0.15) is 0 Å². The number of nitrogens with zero attached hydrogens (tertiary/aromatic N) is 3. The molecule has 0 unspecified atom stereocenters. The van der Waals surface area contributed by atoms with Gasteiger partial charge >= 0.3 is 6.03 Å². The van der Waals surface area contributed by atoms with Crippen LogP contribution in [0.15, 0.2) is 29.6 Å². The number of urea groups is 1. The number of nitrogen functional groups attached to an aromatic ring is 1. The molecule has 31 heavy (non-hydrogen) atoms. The van der Waals surface area contributed by atoms with Crippen molar-refractivity contribution in [2.75, 3.05) is 44.1 Å². The van der Waals surface area contributed by atoms with Crippen LogP contribution in [-0.2, 0) is 4.79 Å². The molecule has 3 amide bonds. The fourth-order valence-electron chi connectivity index (χ4n) is 2.74. The number of aromatic nitrogens is 2. The van der Waals surface area contributed by atoms with Crippen LogP contribution >= 0.6 is 22.7 Å². The van der Waals surface area contributed by atoms with Gasteiger partial charge in [0.1, 0.15) is 15.7 Å². The van der Waals surface area contributed by atoms with Gasteiger partial charge in [-0.1, -0.05) is 23.5 Å². The van der Waals surface area contributed by atoms with Crippen molar-refractivity contribution in [3.63, 3.8) is 0 Å². The molecule has 0 aliphatic heterocycles. The average Bonchev–Trinajstić information content (AvgIpc) is 3.34. The molecule has 0 aliphatic rings. The smallest absolute Gasteiger partial charge is 0.320 e. The normalized spacial score (nSPS) is 10.8. The van der Waals surface area contributed by atoms with Gasteiger partial charge in [0.25, 0.3) is 0 Å². The standard InChI is InChI=1S/C20H25N7O2S2/c1-22-19(29)26-20-25-17(21)16(31-20)18-24-14(11-30-18)12-6-4-7-13(10-12)23-15(28)8-5-9-27(2)3/h4,6-7,10-11H,5,8-9,21H2,1-3H3,(H,23,28)(H2,22,25,26,29). The number of anilines is 3. The van der Waals surface area contributed by atoms with Crippen LogP contribution in [0.25, 0.3) is 21.1 Å². The summed E-state index contributed by atoms with van der Waals surface area (Å²) in [5.74, 6) is 0.308. The van der Waals surface area contributed by atoms with Gasteiger partial charge in [0.2, 0.25) is 5.91 Å². The van der Waals surface area contributed by atoms with Crippen molar-refractivity contribution in [3.05, 3.63) is 29.6 Å². The lowest BCUT2D eigenvalue weighted by Crippen LogP contribution is -2.24. The second-order valence-corrected chi connectivity index (χ2v) is 8.87. The van der Waals surface area contributed by atoms with Gasteiger partial charge in [0, 0.05) is 30.1 Å². The summed E-state index contributed by atoms with van der Waals surface area (Å²) in [6.07, 6.45) is 1.28. The van der Waals surface area contributed by atoms with Crippen molar-refractivity contribution >= 4 is 51.2 Å². The summed E-state index contributed by atoms with van der Waals surface area (Å²) < 4.78 is 0. The quantitative estimate of drug-likeness (QED) is 0.408. The number of carbonyl (C=O) groups excluding carboxylic acids is 2. The first-order valence-corrected chi connectivity index (χ1v) is 11.3. The molecular weight excluding hydrogens is 434 g/mol. The molecule has 0 saturated carbocycles. The van der Waals surface area contributed by atoms with E-state index in [-0.39, 0.29) is 11.9 Å². The van der Waals surface area contributed by atoms with E-state index in [0.29, 0.717) is 27.3 Å². The molecule has 2 heterocycles. The Morgan fingerprint density at radius 3 is 2.74 bits per heavy atom. The minimum atomic E-state index is -0.360. The average molecular weight is 460 g/mol. The Bertz CT molecular complexity index is 1060. The first-order chi connectivity index (χ1) is 14.9. The lowest BCUT2D eigenvalue weighted by atomic mass is 10.1. The third-order valence-electron chi connectivity index (χ3n) is 4.25. The summed E-state index contributed by atoms with van der Waals surface area (Å²) in [6.45, 7) is 0.871. The molecule has 5 N–H and O–H groups in total. The van der Waals surface area contributed by atoms with Crippen molar-refractivity contribution in [2.24, 2.45) is 0 Å². The highest BCUT2D eigenvalue weighted by atomic mass is 32.1. The van der Waals surface area contributed by atoms with Gasteiger partial charge < -0.3 is 21.3 Å². The maximum Gasteiger partial charge on any atom is 0.320 e. The van der Waals surface area contributed by atoms with E-state index in [1.54, 1.807) is 0 Å². The largest absolute Gasteiger partial charge is 0.382 e. The lowest BCUT2D eigenvalue weighted by Gasteiger charge is -2.09. The zero-order valence-corrected chi connectivity index (χ0v) is 19.2. The van der Waals surface area contributed by atoms with E-state index in [2.05, 4.69) is 30.8 Å². The Kier molecular flexibility index (Phi) is 7.55. The Balaban J connectivity index is 1.71. The number of amides is 3. The highest BCUT2D eigenvalue weighted by molar-refractivity contribution is 7.23. The van der Waals surface area contributed by atoms with Gasteiger partial charge in [0.05, 0.1) is 5.69 Å². The van der Waals surface area contributed by atoms with Gasteiger partial charge in [-0.3, -0.25) is 10.1 Å². The van der Waals surface area contributed by atoms with E-state index in [1.807, 2.05) is 43.7 Å². The van der Waals surface area contributed by atoms with Gasteiger partial charge in [-0.25, -0.2) is 14.8 Å². The van der Waals surface area contributed by atoms with Crippen LogP contribution in [0.5, 0.6) is 0 Å². The fourth-order valence-corrected chi connectivity index (χ4v) is 4.55. The minimum absolute atomic E-state index is 0.00783. The van der Waals surface area contributed by atoms with Gasteiger partial charge in [0.15, 0.2) is 5.13 Å². The molecule has 0 fully saturated rings. The predicted molar refractivity (Wildman–Crippen MR) is 128 cm³/mol. The SMILES string of the molecule is CNC(=O)Nc1nc(N)c(-c2nc(-c3cccc(NC(=O)CCCN(C)C)c3)cs2)s1. The maximum atomic E-state index is 12.2. The van der Waals surface area contributed by atoms with Crippen LogP contribution < -0.4 is 21.7 Å². The Labute approximate surface area is 188 Å². The molecule has 1 aromatic carbocycles. The molecule has 164 valence electrons. The van der Waals surface area contributed by atoms with Crippen molar-refractivity contribution in [2.45, 2.75) is 12.8 Å². The third kappa shape index (κ3) is 6.23. The van der Waals surface area contributed by atoms with E-state index >= 15 is 0 Å². The molecule has 11 heteroatoms. The molecule has 3 aromatic rings. The number of thiazole rings is 2. The second kappa shape index (κ2) is 10.3. The molecule has 3 rings (SSSR count). The van der Waals surface area contributed by atoms with Crippen molar-refractivity contribution in [1.29, 1.82) is 0 Å².